The summed E-state index contributed by atoms with van der Waals surface area (Å²) in [5, 5.41) is 3.37. The second-order valence-corrected chi connectivity index (χ2v) is 5.10. The number of nitrogens with one attached hydrogen (secondary N) is 1. The Bertz CT molecular complexity index is 336. The zero-order valence-corrected chi connectivity index (χ0v) is 11.2. The Morgan fingerprint density at radius 3 is 2.94 bits per heavy atom. The Labute approximate surface area is 106 Å². The molecule has 1 saturated heterocycles. The lowest BCUT2D eigenvalue weighted by molar-refractivity contribution is 0.0808. The highest BCUT2D eigenvalue weighted by molar-refractivity contribution is 9.10. The maximum absolute atomic E-state index is 5.74. The topological polar surface area (TPSA) is 21.3 Å². The molecule has 2 unspecified atom stereocenters. The van der Waals surface area contributed by atoms with Gasteiger partial charge in [-0.3, -0.25) is 0 Å². The van der Waals surface area contributed by atoms with Crippen molar-refractivity contribution in [3.05, 3.63) is 34.3 Å². The SMILES string of the molecule is CNC(Cc1ccccc1Br)C1CCCO1. The molecule has 88 valence electrons. The van der Waals surface area contributed by atoms with E-state index in [9.17, 15) is 0 Å². The molecule has 1 heterocycles. The van der Waals surface area contributed by atoms with Gasteiger partial charge in [0.15, 0.2) is 0 Å². The minimum absolute atomic E-state index is 0.372. The van der Waals surface area contributed by atoms with Crippen molar-refractivity contribution in [2.75, 3.05) is 13.7 Å². The number of likely N-dealkylation sites (N-methyl/N-ethyl adjacent to an activating group) is 1. The molecule has 1 fully saturated rings. The second kappa shape index (κ2) is 5.80. The van der Waals surface area contributed by atoms with E-state index in [1.165, 1.54) is 22.9 Å². The largest absolute Gasteiger partial charge is 0.377 e. The molecule has 0 amide bonds. The van der Waals surface area contributed by atoms with Gasteiger partial charge in [0.05, 0.1) is 6.10 Å². The Kier molecular flexibility index (Phi) is 4.38. The molecule has 0 saturated carbocycles. The molecule has 1 aromatic rings. The Morgan fingerprint density at radius 1 is 1.50 bits per heavy atom. The van der Waals surface area contributed by atoms with Gasteiger partial charge in [0.2, 0.25) is 0 Å². The van der Waals surface area contributed by atoms with Crippen LogP contribution in [0.5, 0.6) is 0 Å². The van der Waals surface area contributed by atoms with Crippen LogP contribution in [0.4, 0.5) is 0 Å². The van der Waals surface area contributed by atoms with Crippen LogP contribution in [0.1, 0.15) is 18.4 Å². The molecule has 1 N–H and O–H groups in total. The van der Waals surface area contributed by atoms with Crippen LogP contribution in [0.2, 0.25) is 0 Å². The molecular formula is C13H18BrNO. The van der Waals surface area contributed by atoms with Gasteiger partial charge in [0.1, 0.15) is 0 Å². The number of halogens is 1. The van der Waals surface area contributed by atoms with E-state index in [-0.39, 0.29) is 0 Å². The highest BCUT2D eigenvalue weighted by atomic mass is 79.9. The monoisotopic (exact) mass is 283 g/mol. The standard InChI is InChI=1S/C13H18BrNO/c1-15-12(13-7-4-8-16-13)9-10-5-2-3-6-11(10)14/h2-3,5-6,12-13,15H,4,7-9H2,1H3. The van der Waals surface area contributed by atoms with Crippen LogP contribution < -0.4 is 5.32 Å². The van der Waals surface area contributed by atoms with E-state index < -0.39 is 0 Å². The van der Waals surface area contributed by atoms with E-state index in [1.807, 2.05) is 13.1 Å². The van der Waals surface area contributed by atoms with E-state index in [0.717, 1.165) is 13.0 Å². The van der Waals surface area contributed by atoms with Crippen molar-refractivity contribution >= 4 is 15.9 Å². The molecule has 2 atom stereocenters. The van der Waals surface area contributed by atoms with E-state index >= 15 is 0 Å². The maximum Gasteiger partial charge on any atom is 0.0732 e. The summed E-state index contributed by atoms with van der Waals surface area (Å²) >= 11 is 3.59. The van der Waals surface area contributed by atoms with Gasteiger partial charge in [0.25, 0.3) is 0 Å². The quantitative estimate of drug-likeness (QED) is 0.918. The molecule has 0 bridgehead atoms. The lowest BCUT2D eigenvalue weighted by Crippen LogP contribution is -2.39. The fourth-order valence-corrected chi connectivity index (χ4v) is 2.69. The average Bonchev–Trinajstić information content (AvgIpc) is 2.81. The van der Waals surface area contributed by atoms with Gasteiger partial charge in [0, 0.05) is 17.1 Å². The van der Waals surface area contributed by atoms with Crippen molar-refractivity contribution in [2.45, 2.75) is 31.4 Å². The van der Waals surface area contributed by atoms with Gasteiger partial charge in [-0.25, -0.2) is 0 Å². The van der Waals surface area contributed by atoms with Crippen molar-refractivity contribution in [2.24, 2.45) is 0 Å². The predicted molar refractivity (Wildman–Crippen MR) is 69.7 cm³/mol. The van der Waals surface area contributed by atoms with Crippen LogP contribution in [0.15, 0.2) is 28.7 Å². The molecule has 0 radical (unpaired) electrons. The van der Waals surface area contributed by atoms with Gasteiger partial charge in [-0.05, 0) is 37.9 Å². The lowest BCUT2D eigenvalue weighted by Gasteiger charge is -2.23. The average molecular weight is 284 g/mol. The Morgan fingerprint density at radius 2 is 2.31 bits per heavy atom. The molecular weight excluding hydrogens is 266 g/mol. The minimum atomic E-state index is 0.372. The maximum atomic E-state index is 5.74. The van der Waals surface area contributed by atoms with Crippen molar-refractivity contribution in [3.63, 3.8) is 0 Å². The number of ether oxygens (including phenoxy) is 1. The van der Waals surface area contributed by atoms with Crippen molar-refractivity contribution in [3.8, 4) is 0 Å². The Balaban J connectivity index is 2.03. The second-order valence-electron chi connectivity index (χ2n) is 4.24. The summed E-state index contributed by atoms with van der Waals surface area (Å²) in [5.74, 6) is 0. The van der Waals surface area contributed by atoms with E-state index in [0.29, 0.717) is 12.1 Å². The first-order valence-electron chi connectivity index (χ1n) is 5.83. The van der Waals surface area contributed by atoms with Crippen LogP contribution in [0, 0.1) is 0 Å². The molecule has 1 aliphatic rings. The molecule has 16 heavy (non-hydrogen) atoms. The summed E-state index contributed by atoms with van der Waals surface area (Å²) in [5.41, 5.74) is 1.34. The van der Waals surface area contributed by atoms with Gasteiger partial charge in [-0.15, -0.1) is 0 Å². The number of hydrogen-bond acceptors (Lipinski definition) is 2. The fraction of sp³-hybridized carbons (Fsp3) is 0.538. The normalized spacial score (nSPS) is 22.2. The van der Waals surface area contributed by atoms with Crippen LogP contribution in [0.25, 0.3) is 0 Å². The Hall–Kier alpha value is -0.380. The fourth-order valence-electron chi connectivity index (χ4n) is 2.24. The zero-order valence-electron chi connectivity index (χ0n) is 9.58. The predicted octanol–water partition coefficient (Wildman–Crippen LogP) is 2.76. The molecule has 2 nitrogen and oxygen atoms in total. The van der Waals surface area contributed by atoms with Gasteiger partial charge >= 0.3 is 0 Å². The highest BCUT2D eigenvalue weighted by Gasteiger charge is 2.25. The lowest BCUT2D eigenvalue weighted by atomic mass is 10.00. The third-order valence-corrected chi connectivity index (χ3v) is 3.96. The summed E-state index contributed by atoms with van der Waals surface area (Å²) in [4.78, 5) is 0. The molecule has 2 rings (SSSR count). The summed E-state index contributed by atoms with van der Waals surface area (Å²) in [6, 6.07) is 8.82. The number of rotatable bonds is 4. The highest BCUT2D eigenvalue weighted by Crippen LogP contribution is 2.22. The van der Waals surface area contributed by atoms with Crippen molar-refractivity contribution < 1.29 is 4.74 Å². The number of hydrogen-bond donors (Lipinski definition) is 1. The van der Waals surface area contributed by atoms with E-state index in [1.54, 1.807) is 0 Å². The molecule has 1 aromatic carbocycles. The molecule has 0 aromatic heterocycles. The van der Waals surface area contributed by atoms with Crippen LogP contribution in [-0.4, -0.2) is 25.8 Å². The summed E-state index contributed by atoms with van der Waals surface area (Å²) in [6.07, 6.45) is 3.76. The van der Waals surface area contributed by atoms with Crippen LogP contribution in [0.3, 0.4) is 0 Å². The molecule has 0 aliphatic carbocycles. The first kappa shape index (κ1) is 12.1. The summed E-state index contributed by atoms with van der Waals surface area (Å²) in [6.45, 7) is 0.915. The third kappa shape index (κ3) is 2.84. The molecule has 0 spiro atoms. The van der Waals surface area contributed by atoms with Crippen LogP contribution >= 0.6 is 15.9 Å². The van der Waals surface area contributed by atoms with Crippen molar-refractivity contribution in [1.29, 1.82) is 0 Å². The zero-order chi connectivity index (χ0) is 11.4. The van der Waals surface area contributed by atoms with E-state index in [2.05, 4.69) is 39.4 Å². The first-order chi connectivity index (χ1) is 7.81. The number of benzene rings is 1. The first-order valence-corrected chi connectivity index (χ1v) is 6.63. The molecule has 1 aliphatic heterocycles. The summed E-state index contributed by atoms with van der Waals surface area (Å²) < 4.78 is 6.93. The third-order valence-electron chi connectivity index (χ3n) is 3.18. The minimum Gasteiger partial charge on any atom is -0.377 e. The van der Waals surface area contributed by atoms with E-state index in [4.69, 9.17) is 4.74 Å². The smallest absolute Gasteiger partial charge is 0.0732 e. The summed E-state index contributed by atoms with van der Waals surface area (Å²) in [7, 11) is 2.02. The molecule has 3 heteroatoms. The van der Waals surface area contributed by atoms with Gasteiger partial charge in [-0.2, -0.15) is 0 Å². The van der Waals surface area contributed by atoms with Crippen LogP contribution in [-0.2, 0) is 11.2 Å². The van der Waals surface area contributed by atoms with Crippen molar-refractivity contribution in [1.82, 2.24) is 5.32 Å². The van der Waals surface area contributed by atoms with Gasteiger partial charge in [-0.1, -0.05) is 34.1 Å². The van der Waals surface area contributed by atoms with Gasteiger partial charge < -0.3 is 10.1 Å².